The third kappa shape index (κ3) is 6.59. The minimum absolute atomic E-state index is 0.0298. The van der Waals surface area contributed by atoms with Crippen LogP contribution in [0.2, 0.25) is 5.02 Å². The van der Waals surface area contributed by atoms with Crippen molar-refractivity contribution in [1.82, 2.24) is 14.8 Å². The summed E-state index contributed by atoms with van der Waals surface area (Å²) >= 11 is 6.19. The van der Waals surface area contributed by atoms with Crippen molar-refractivity contribution in [3.63, 3.8) is 0 Å². The number of carbonyl (C=O) groups excluding carboxylic acids is 2. The Morgan fingerprint density at radius 1 is 1.02 bits per heavy atom. The van der Waals surface area contributed by atoms with Crippen LogP contribution >= 0.6 is 11.6 Å². The summed E-state index contributed by atoms with van der Waals surface area (Å²) in [6.07, 6.45) is 0. The summed E-state index contributed by atoms with van der Waals surface area (Å²) < 4.78 is 0. The monoisotopic (exact) mass is 572 g/mol. The normalized spacial score (nSPS) is 14.8. The topological polar surface area (TPSA) is 104 Å². The first-order valence-corrected chi connectivity index (χ1v) is 13.8. The van der Waals surface area contributed by atoms with Crippen LogP contribution < -0.4 is 10.2 Å². The van der Waals surface area contributed by atoms with Crippen molar-refractivity contribution in [3.8, 4) is 5.88 Å². The third-order valence-electron chi connectivity index (χ3n) is 7.26. The molecule has 0 aliphatic carbocycles. The van der Waals surface area contributed by atoms with E-state index in [0.29, 0.717) is 39.7 Å². The summed E-state index contributed by atoms with van der Waals surface area (Å²) in [6, 6.07) is 20.1. The number of anilines is 2. The second-order valence-corrected chi connectivity index (χ2v) is 10.7. The van der Waals surface area contributed by atoms with E-state index in [0.717, 1.165) is 42.8 Å². The van der Waals surface area contributed by atoms with Crippen molar-refractivity contribution >= 4 is 57.1 Å². The number of aromatic amines is 1. The van der Waals surface area contributed by atoms with Gasteiger partial charge in [0.25, 0.3) is 0 Å². The average Bonchev–Trinajstić information content (AvgIpc) is 3.27. The van der Waals surface area contributed by atoms with Crippen molar-refractivity contribution in [3.05, 3.63) is 82.9 Å². The first-order valence-electron chi connectivity index (χ1n) is 13.4. The highest BCUT2D eigenvalue weighted by atomic mass is 35.5. The van der Waals surface area contributed by atoms with Gasteiger partial charge in [0, 0.05) is 67.5 Å². The van der Waals surface area contributed by atoms with E-state index in [1.807, 2.05) is 42.5 Å². The number of nitrogens with zero attached hydrogens (tertiary/aromatic N) is 4. The van der Waals surface area contributed by atoms with Crippen LogP contribution in [0, 0.1) is 0 Å². The molecule has 5 rings (SSSR count). The van der Waals surface area contributed by atoms with Gasteiger partial charge in [-0.2, -0.15) is 0 Å². The number of carbonyl (C=O) groups is 2. The zero-order chi connectivity index (χ0) is 29.1. The van der Waals surface area contributed by atoms with Crippen LogP contribution in [-0.4, -0.2) is 84.2 Å². The van der Waals surface area contributed by atoms with Gasteiger partial charge in [-0.25, -0.2) is 4.99 Å². The number of aromatic hydroxyl groups is 1. The van der Waals surface area contributed by atoms with Crippen molar-refractivity contribution < 1.29 is 14.7 Å². The van der Waals surface area contributed by atoms with Gasteiger partial charge >= 0.3 is 0 Å². The third-order valence-corrected chi connectivity index (χ3v) is 7.50. The average molecular weight is 573 g/mol. The molecule has 1 aliphatic heterocycles. The minimum Gasteiger partial charge on any atom is -0.494 e. The Morgan fingerprint density at radius 3 is 2.37 bits per heavy atom. The van der Waals surface area contributed by atoms with E-state index in [2.05, 4.69) is 27.1 Å². The van der Waals surface area contributed by atoms with Gasteiger partial charge in [-0.15, -0.1) is 0 Å². The predicted molar refractivity (Wildman–Crippen MR) is 165 cm³/mol. The highest BCUT2D eigenvalue weighted by Crippen LogP contribution is 2.33. The van der Waals surface area contributed by atoms with E-state index in [1.54, 1.807) is 36.2 Å². The molecule has 0 radical (unpaired) electrons. The molecule has 41 heavy (non-hydrogen) atoms. The Morgan fingerprint density at radius 2 is 1.71 bits per heavy atom. The number of benzene rings is 3. The lowest BCUT2D eigenvalue weighted by molar-refractivity contribution is -0.119. The number of amides is 2. The molecule has 1 aromatic heterocycles. The van der Waals surface area contributed by atoms with E-state index in [-0.39, 0.29) is 17.7 Å². The second-order valence-electron chi connectivity index (χ2n) is 10.3. The lowest BCUT2D eigenvalue weighted by Crippen LogP contribution is -2.48. The van der Waals surface area contributed by atoms with Gasteiger partial charge in [0.1, 0.15) is 0 Å². The number of rotatable bonds is 7. The van der Waals surface area contributed by atoms with Gasteiger partial charge in [-0.3, -0.25) is 14.5 Å². The lowest BCUT2D eigenvalue weighted by Gasteiger charge is -2.32. The Hall–Kier alpha value is -4.18. The first kappa shape index (κ1) is 28.4. The molecule has 2 amide bonds. The maximum Gasteiger partial charge on any atom is 0.240 e. The summed E-state index contributed by atoms with van der Waals surface area (Å²) in [4.78, 5) is 38.5. The molecule has 1 fully saturated rings. The molecule has 4 aromatic rings. The highest BCUT2D eigenvalue weighted by molar-refractivity contribution is 6.31. The number of fused-ring (bicyclic) bond motifs is 1. The number of nitrogens with one attached hydrogen (secondary N) is 2. The molecule has 9 nitrogen and oxygen atoms in total. The summed E-state index contributed by atoms with van der Waals surface area (Å²) in [7, 11) is 3.88. The standard InChI is InChI=1S/C31H33ClN6O3/c1-20(39)33-23-7-4-21(5-8-23)30(29-26-13-6-22(32)18-27(26)35-31(29)41)34-24-9-11-25(12-10-24)37(3)28(40)19-38-16-14-36(2)15-17-38/h4-13,18,35,41H,14-17,19H2,1-3H3,(H,33,39). The molecule has 1 aliphatic rings. The quantitative estimate of drug-likeness (QED) is 0.274. The lowest BCUT2D eigenvalue weighted by atomic mass is 10.0. The van der Waals surface area contributed by atoms with Gasteiger partial charge in [0.05, 0.1) is 29.0 Å². The molecule has 212 valence electrons. The van der Waals surface area contributed by atoms with Crippen LogP contribution in [0.4, 0.5) is 17.1 Å². The number of H-pyrrole nitrogens is 1. The number of aliphatic imine (C=N–C) groups is 1. The molecule has 0 unspecified atom stereocenters. The van der Waals surface area contributed by atoms with Crippen LogP contribution in [0.25, 0.3) is 10.9 Å². The predicted octanol–water partition coefficient (Wildman–Crippen LogP) is 4.86. The van der Waals surface area contributed by atoms with E-state index >= 15 is 0 Å². The largest absolute Gasteiger partial charge is 0.494 e. The molecule has 2 heterocycles. The van der Waals surface area contributed by atoms with Crippen molar-refractivity contribution in [2.24, 2.45) is 4.99 Å². The fourth-order valence-corrected chi connectivity index (χ4v) is 5.07. The molecule has 0 bridgehead atoms. The summed E-state index contributed by atoms with van der Waals surface area (Å²) in [5.41, 5.74) is 4.58. The van der Waals surface area contributed by atoms with Gasteiger partial charge in [-0.05, 0) is 55.6 Å². The second kappa shape index (κ2) is 12.1. The van der Waals surface area contributed by atoms with Gasteiger partial charge < -0.3 is 25.2 Å². The zero-order valence-corrected chi connectivity index (χ0v) is 24.1. The van der Waals surface area contributed by atoms with Crippen LogP contribution in [0.3, 0.4) is 0 Å². The first-order chi connectivity index (χ1) is 19.7. The van der Waals surface area contributed by atoms with Gasteiger partial charge in [0.2, 0.25) is 11.8 Å². The maximum absolute atomic E-state index is 13.0. The fraction of sp³-hybridized carbons (Fsp3) is 0.258. The Balaban J connectivity index is 1.45. The van der Waals surface area contributed by atoms with Crippen molar-refractivity contribution in [1.29, 1.82) is 0 Å². The summed E-state index contributed by atoms with van der Waals surface area (Å²) in [6.45, 7) is 5.52. The SMILES string of the molecule is CC(=O)Nc1ccc(C(=Nc2ccc(N(C)C(=O)CN3CCN(C)CC3)cc2)c2c(O)[nH]c3cc(Cl)ccc23)cc1. The number of halogens is 1. The number of hydrogen-bond acceptors (Lipinski definition) is 6. The molecule has 0 atom stereocenters. The summed E-state index contributed by atoms with van der Waals surface area (Å²) in [5.74, 6) is -0.157. The molecule has 0 spiro atoms. The smallest absolute Gasteiger partial charge is 0.240 e. The van der Waals surface area contributed by atoms with Crippen LogP contribution in [0.5, 0.6) is 5.88 Å². The Bertz CT molecular complexity index is 1590. The maximum atomic E-state index is 13.0. The minimum atomic E-state index is -0.162. The molecular formula is C31H33ClN6O3. The molecule has 10 heteroatoms. The van der Waals surface area contributed by atoms with E-state index in [9.17, 15) is 14.7 Å². The van der Waals surface area contributed by atoms with E-state index in [1.165, 1.54) is 6.92 Å². The van der Waals surface area contributed by atoms with Crippen molar-refractivity contribution in [2.75, 3.05) is 57.0 Å². The van der Waals surface area contributed by atoms with E-state index < -0.39 is 0 Å². The highest BCUT2D eigenvalue weighted by Gasteiger charge is 2.21. The fourth-order valence-electron chi connectivity index (χ4n) is 4.90. The van der Waals surface area contributed by atoms with Crippen LogP contribution in [0.1, 0.15) is 18.1 Å². The number of piperazine rings is 1. The number of likely N-dealkylation sites (N-methyl/N-ethyl adjacent to an activating group) is 2. The molecule has 1 saturated heterocycles. The van der Waals surface area contributed by atoms with Gasteiger partial charge in [0.15, 0.2) is 5.88 Å². The summed E-state index contributed by atoms with van der Waals surface area (Å²) in [5, 5.41) is 15.0. The molecule has 3 N–H and O–H groups in total. The number of hydrogen-bond donors (Lipinski definition) is 3. The Labute approximate surface area is 244 Å². The van der Waals surface area contributed by atoms with E-state index in [4.69, 9.17) is 16.6 Å². The zero-order valence-electron chi connectivity index (χ0n) is 23.3. The van der Waals surface area contributed by atoms with Crippen LogP contribution in [-0.2, 0) is 9.59 Å². The van der Waals surface area contributed by atoms with Crippen LogP contribution in [0.15, 0.2) is 71.7 Å². The molecule has 0 saturated carbocycles. The van der Waals surface area contributed by atoms with Gasteiger partial charge in [-0.1, -0.05) is 29.8 Å². The molecule has 3 aromatic carbocycles. The Kier molecular flexibility index (Phi) is 8.39. The number of aromatic nitrogens is 1. The van der Waals surface area contributed by atoms with Crippen molar-refractivity contribution in [2.45, 2.75) is 6.92 Å². The molecular weight excluding hydrogens is 540 g/mol.